The summed E-state index contributed by atoms with van der Waals surface area (Å²) < 4.78 is 43.9. The van der Waals surface area contributed by atoms with Crippen LogP contribution in [0.5, 0.6) is 5.75 Å². The third kappa shape index (κ3) is 4.40. The van der Waals surface area contributed by atoms with Gasteiger partial charge >= 0.3 is 12.1 Å². The number of carbonyl (C=O) groups excluding carboxylic acids is 2. The van der Waals surface area contributed by atoms with Gasteiger partial charge < -0.3 is 20.5 Å². The topological polar surface area (TPSA) is 110 Å². The average molecular weight is 360 g/mol. The number of aliphatic carboxylic acids is 1. The van der Waals surface area contributed by atoms with Crippen molar-refractivity contribution in [1.29, 1.82) is 0 Å². The molecule has 0 spiro atoms. The first-order chi connectivity index (χ1) is 11.6. The normalized spacial score (nSPS) is 20.4. The molecule has 10 heteroatoms. The van der Waals surface area contributed by atoms with Gasteiger partial charge in [0.25, 0.3) is 11.8 Å². The lowest BCUT2D eigenvalue weighted by molar-refractivity contribution is -0.187. The predicted molar refractivity (Wildman–Crippen MR) is 77.7 cm³/mol. The van der Waals surface area contributed by atoms with Gasteiger partial charge in [0.05, 0.1) is 11.8 Å². The third-order valence-electron chi connectivity index (χ3n) is 3.83. The highest BCUT2D eigenvalue weighted by molar-refractivity contribution is 5.95. The van der Waals surface area contributed by atoms with Crippen LogP contribution in [0.2, 0.25) is 0 Å². The van der Waals surface area contributed by atoms with Crippen LogP contribution in [-0.4, -0.2) is 53.7 Å². The van der Waals surface area contributed by atoms with Gasteiger partial charge in [-0.1, -0.05) is 0 Å². The van der Waals surface area contributed by atoms with Crippen LogP contribution in [0.4, 0.5) is 13.2 Å². The number of nitrogens with zero attached hydrogens (tertiary/aromatic N) is 1. The fourth-order valence-corrected chi connectivity index (χ4v) is 2.58. The van der Waals surface area contributed by atoms with Crippen molar-refractivity contribution in [2.45, 2.75) is 6.18 Å². The standard InChI is InChI=1S/C15H15F3N2O5/c16-15(17,18)11-6-20(5-10(11)14(23)24)13(22)8-1-3-9(4-2-8)25-7-12(19)21/h1-4,10-11H,5-7H2,(H2,19,21)(H,23,24)/t10-,11-/m1/s1. The average Bonchev–Trinajstić information content (AvgIpc) is 2.98. The molecule has 1 aliphatic heterocycles. The molecule has 1 heterocycles. The Hall–Kier alpha value is -2.78. The van der Waals surface area contributed by atoms with E-state index in [2.05, 4.69) is 0 Å². The Morgan fingerprint density at radius 2 is 1.80 bits per heavy atom. The number of alkyl halides is 3. The van der Waals surface area contributed by atoms with Crippen LogP contribution >= 0.6 is 0 Å². The summed E-state index contributed by atoms with van der Waals surface area (Å²) in [6, 6.07) is 5.36. The number of hydrogen-bond donors (Lipinski definition) is 2. The highest BCUT2D eigenvalue weighted by atomic mass is 19.4. The number of likely N-dealkylation sites (tertiary alicyclic amines) is 1. The molecule has 25 heavy (non-hydrogen) atoms. The molecule has 0 bridgehead atoms. The molecule has 7 nitrogen and oxygen atoms in total. The van der Waals surface area contributed by atoms with E-state index in [1.165, 1.54) is 24.3 Å². The molecular formula is C15H15F3N2O5. The molecule has 2 atom stereocenters. The predicted octanol–water partition coefficient (Wildman–Crippen LogP) is 0.886. The zero-order valence-electron chi connectivity index (χ0n) is 12.8. The molecule has 1 aliphatic rings. The maximum atomic E-state index is 13.0. The van der Waals surface area contributed by atoms with Gasteiger partial charge in [0, 0.05) is 18.7 Å². The van der Waals surface area contributed by atoms with Crippen LogP contribution in [0.3, 0.4) is 0 Å². The number of carbonyl (C=O) groups is 3. The molecule has 2 rings (SSSR count). The highest BCUT2D eigenvalue weighted by Gasteiger charge is 2.53. The number of ether oxygens (including phenoxy) is 1. The van der Waals surface area contributed by atoms with Gasteiger partial charge in [-0.25, -0.2) is 0 Å². The van der Waals surface area contributed by atoms with E-state index in [0.29, 0.717) is 0 Å². The van der Waals surface area contributed by atoms with Crippen LogP contribution < -0.4 is 10.5 Å². The van der Waals surface area contributed by atoms with Gasteiger partial charge in [0.1, 0.15) is 5.75 Å². The van der Waals surface area contributed by atoms with Crippen molar-refractivity contribution in [2.75, 3.05) is 19.7 Å². The highest BCUT2D eigenvalue weighted by Crippen LogP contribution is 2.38. The fourth-order valence-electron chi connectivity index (χ4n) is 2.58. The Bertz CT molecular complexity index is 675. The summed E-state index contributed by atoms with van der Waals surface area (Å²) >= 11 is 0. The van der Waals surface area contributed by atoms with E-state index in [1.807, 2.05) is 0 Å². The SMILES string of the molecule is NC(=O)COc1ccc(C(=O)N2C[C@@H](C(F)(F)F)[C@H](C(=O)O)C2)cc1. The number of carboxylic acid groups (broad SMARTS) is 1. The molecule has 1 aromatic carbocycles. The third-order valence-corrected chi connectivity index (χ3v) is 3.83. The van der Waals surface area contributed by atoms with E-state index in [1.54, 1.807) is 0 Å². The first-order valence-electron chi connectivity index (χ1n) is 7.19. The monoisotopic (exact) mass is 360 g/mol. The van der Waals surface area contributed by atoms with Gasteiger partial charge in [0.15, 0.2) is 6.61 Å². The lowest BCUT2D eigenvalue weighted by atomic mass is 9.96. The lowest BCUT2D eigenvalue weighted by Crippen LogP contribution is -2.34. The second-order valence-electron chi connectivity index (χ2n) is 5.58. The van der Waals surface area contributed by atoms with Crippen molar-refractivity contribution in [1.82, 2.24) is 4.90 Å². The number of halogens is 3. The Labute approximate surface area is 140 Å². The summed E-state index contributed by atoms with van der Waals surface area (Å²) in [4.78, 5) is 34.8. The second kappa shape index (κ2) is 6.99. The Kier molecular flexibility index (Phi) is 5.19. The number of carboxylic acids is 1. The lowest BCUT2D eigenvalue weighted by Gasteiger charge is -2.18. The fraction of sp³-hybridized carbons (Fsp3) is 0.400. The minimum Gasteiger partial charge on any atom is -0.484 e. The smallest absolute Gasteiger partial charge is 0.394 e. The van der Waals surface area contributed by atoms with Crippen LogP contribution in [-0.2, 0) is 9.59 Å². The molecule has 0 aromatic heterocycles. The number of hydrogen-bond acceptors (Lipinski definition) is 4. The van der Waals surface area contributed by atoms with E-state index in [0.717, 1.165) is 4.90 Å². The summed E-state index contributed by atoms with van der Waals surface area (Å²) in [6.45, 7) is -1.58. The van der Waals surface area contributed by atoms with Crippen LogP contribution in [0.1, 0.15) is 10.4 Å². The van der Waals surface area contributed by atoms with Crippen molar-refractivity contribution in [2.24, 2.45) is 17.6 Å². The van der Waals surface area contributed by atoms with Gasteiger partial charge in [-0.15, -0.1) is 0 Å². The van der Waals surface area contributed by atoms with Crippen LogP contribution in [0, 0.1) is 11.8 Å². The number of nitrogens with two attached hydrogens (primary N) is 1. The van der Waals surface area contributed by atoms with Crippen molar-refractivity contribution < 1.29 is 37.4 Å². The van der Waals surface area contributed by atoms with Gasteiger partial charge in [0.2, 0.25) is 0 Å². The maximum Gasteiger partial charge on any atom is 0.394 e. The molecule has 0 radical (unpaired) electrons. The molecule has 1 fully saturated rings. The van der Waals surface area contributed by atoms with E-state index >= 15 is 0 Å². The summed E-state index contributed by atoms with van der Waals surface area (Å²) in [7, 11) is 0. The minimum atomic E-state index is -4.70. The van der Waals surface area contributed by atoms with Crippen molar-refractivity contribution in [3.8, 4) is 5.75 Å². The molecule has 0 unspecified atom stereocenters. The van der Waals surface area contributed by atoms with Gasteiger partial charge in [-0.05, 0) is 24.3 Å². The molecule has 136 valence electrons. The van der Waals surface area contributed by atoms with Crippen LogP contribution in [0.25, 0.3) is 0 Å². The van der Waals surface area contributed by atoms with Crippen molar-refractivity contribution in [3.63, 3.8) is 0 Å². The zero-order valence-corrected chi connectivity index (χ0v) is 12.8. The number of rotatable bonds is 5. The summed E-state index contributed by atoms with van der Waals surface area (Å²) in [5.41, 5.74) is 5.00. The Morgan fingerprint density at radius 1 is 1.20 bits per heavy atom. The van der Waals surface area contributed by atoms with E-state index < -0.39 is 48.9 Å². The van der Waals surface area contributed by atoms with E-state index in [-0.39, 0.29) is 17.9 Å². The first kappa shape index (κ1) is 18.6. The summed E-state index contributed by atoms with van der Waals surface area (Å²) in [5, 5.41) is 8.97. The van der Waals surface area contributed by atoms with Crippen molar-refractivity contribution in [3.05, 3.63) is 29.8 Å². The Balaban J connectivity index is 2.10. The van der Waals surface area contributed by atoms with Crippen LogP contribution in [0.15, 0.2) is 24.3 Å². The largest absolute Gasteiger partial charge is 0.484 e. The zero-order chi connectivity index (χ0) is 18.8. The molecule has 0 aliphatic carbocycles. The van der Waals surface area contributed by atoms with Gasteiger partial charge in [-0.2, -0.15) is 13.2 Å². The summed E-state index contributed by atoms with van der Waals surface area (Å²) in [5.74, 6) is -6.52. The minimum absolute atomic E-state index is 0.0818. The second-order valence-corrected chi connectivity index (χ2v) is 5.58. The molecule has 1 saturated heterocycles. The number of amides is 2. The summed E-state index contributed by atoms with van der Waals surface area (Å²) in [6.07, 6.45) is -4.70. The molecule has 3 N–H and O–H groups in total. The molecule has 2 amide bonds. The van der Waals surface area contributed by atoms with Gasteiger partial charge in [-0.3, -0.25) is 14.4 Å². The number of primary amides is 1. The van der Waals surface area contributed by atoms with Crippen molar-refractivity contribution >= 4 is 17.8 Å². The number of benzene rings is 1. The van der Waals surface area contributed by atoms with E-state index in [9.17, 15) is 27.6 Å². The molecular weight excluding hydrogens is 345 g/mol. The quantitative estimate of drug-likeness (QED) is 0.810. The Morgan fingerprint density at radius 3 is 2.24 bits per heavy atom. The maximum absolute atomic E-state index is 13.0. The molecule has 0 saturated carbocycles. The first-order valence-corrected chi connectivity index (χ1v) is 7.19. The molecule has 1 aromatic rings. The van der Waals surface area contributed by atoms with E-state index in [4.69, 9.17) is 15.6 Å².